The summed E-state index contributed by atoms with van der Waals surface area (Å²) in [6.45, 7) is 12.6. The minimum Gasteiger partial charge on any atom is -0.487 e. The van der Waals surface area contributed by atoms with Gasteiger partial charge in [-0.25, -0.2) is 0 Å². The van der Waals surface area contributed by atoms with Gasteiger partial charge in [-0.1, -0.05) is 19.1 Å². The van der Waals surface area contributed by atoms with Gasteiger partial charge in [-0.2, -0.15) is 0 Å². The zero-order valence-corrected chi connectivity index (χ0v) is 24.9. The lowest BCUT2D eigenvalue weighted by Gasteiger charge is -2.14. The maximum absolute atomic E-state index is 8.97. The summed E-state index contributed by atoms with van der Waals surface area (Å²) >= 11 is 0. The van der Waals surface area contributed by atoms with Crippen molar-refractivity contribution < 1.29 is 47.7 Å². The molecule has 0 radical (unpaired) electrons. The number of aliphatic hydroxyl groups excluding tert-OH is 1. The highest BCUT2D eigenvalue weighted by molar-refractivity contribution is 5.43. The second-order valence-electron chi connectivity index (χ2n) is 9.08. The first-order chi connectivity index (χ1) is 20.1. The number of hydrogen-bond acceptors (Lipinski definition) is 10. The molecule has 2 aromatic rings. The summed E-state index contributed by atoms with van der Waals surface area (Å²) in [7, 11) is 0. The topological polar surface area (TPSA) is 103 Å². The average Bonchev–Trinajstić information content (AvgIpc) is 2.97. The number of hydrogen-bond donors (Lipinski definition) is 1. The van der Waals surface area contributed by atoms with Crippen LogP contribution >= 0.6 is 0 Å². The van der Waals surface area contributed by atoms with Gasteiger partial charge in [0.25, 0.3) is 0 Å². The highest BCUT2D eigenvalue weighted by atomic mass is 16.6. The Bertz CT molecular complexity index is 924. The molecule has 0 amide bonds. The predicted octanol–water partition coefficient (Wildman–Crippen LogP) is 4.00. The normalized spacial score (nSPS) is 11.0. The van der Waals surface area contributed by atoms with E-state index in [1.54, 1.807) is 0 Å². The fourth-order valence-electron chi connectivity index (χ4n) is 3.49. The lowest BCUT2D eigenvalue weighted by molar-refractivity contribution is 0.00464. The van der Waals surface area contributed by atoms with Gasteiger partial charge in [0.05, 0.1) is 66.1 Å². The van der Waals surface area contributed by atoms with E-state index in [2.05, 4.69) is 6.92 Å². The monoisotopic (exact) mass is 580 g/mol. The molecule has 0 aliphatic heterocycles. The number of ether oxygens (including phenoxy) is 9. The van der Waals surface area contributed by atoms with Crippen molar-refractivity contribution in [3.8, 4) is 23.0 Å². The maximum atomic E-state index is 8.97. The molecule has 0 aliphatic carbocycles. The van der Waals surface area contributed by atoms with Crippen LogP contribution < -0.4 is 18.9 Å². The van der Waals surface area contributed by atoms with E-state index in [1.807, 2.05) is 50.2 Å². The Kier molecular flexibility index (Phi) is 19.4. The molecule has 0 bridgehead atoms. The average molecular weight is 581 g/mol. The third-order valence-electron chi connectivity index (χ3n) is 5.47. The molecule has 0 spiro atoms. The first-order valence-electron chi connectivity index (χ1n) is 14.4. The molecule has 41 heavy (non-hydrogen) atoms. The van der Waals surface area contributed by atoms with E-state index in [0.717, 1.165) is 24.2 Å². The molecule has 0 saturated carbocycles. The lowest BCUT2D eigenvalue weighted by Crippen LogP contribution is -2.15. The van der Waals surface area contributed by atoms with E-state index in [4.69, 9.17) is 47.7 Å². The van der Waals surface area contributed by atoms with Crippen LogP contribution in [-0.4, -0.2) is 104 Å². The Hall–Kier alpha value is -2.60. The Morgan fingerprint density at radius 1 is 0.439 bits per heavy atom. The van der Waals surface area contributed by atoms with E-state index >= 15 is 0 Å². The van der Waals surface area contributed by atoms with Gasteiger partial charge in [-0.05, 0) is 55.7 Å². The maximum Gasteiger partial charge on any atom is 0.161 e. The van der Waals surface area contributed by atoms with Crippen LogP contribution in [0.3, 0.4) is 0 Å². The molecule has 0 aliphatic rings. The summed E-state index contributed by atoms with van der Waals surface area (Å²) in [5.41, 5.74) is 2.15. The van der Waals surface area contributed by atoms with Crippen molar-refractivity contribution in [2.45, 2.75) is 27.2 Å². The summed E-state index contributed by atoms with van der Waals surface area (Å²) in [6, 6.07) is 11.5. The molecular formula is C31H48O10. The van der Waals surface area contributed by atoms with Crippen molar-refractivity contribution in [1.29, 1.82) is 0 Å². The Morgan fingerprint density at radius 3 is 1.17 bits per heavy atom. The largest absolute Gasteiger partial charge is 0.487 e. The van der Waals surface area contributed by atoms with Gasteiger partial charge in [-0.15, -0.1) is 0 Å². The number of aliphatic hydroxyl groups is 1. The minimum atomic E-state index is -0.0494. The van der Waals surface area contributed by atoms with Crippen molar-refractivity contribution >= 4 is 0 Å². The molecule has 2 aromatic carbocycles. The van der Waals surface area contributed by atoms with Crippen molar-refractivity contribution in [1.82, 2.24) is 0 Å². The van der Waals surface area contributed by atoms with E-state index in [9.17, 15) is 0 Å². The fraction of sp³-hybridized carbons (Fsp3) is 0.613. The smallest absolute Gasteiger partial charge is 0.161 e. The van der Waals surface area contributed by atoms with Crippen molar-refractivity contribution in [2.24, 2.45) is 0 Å². The van der Waals surface area contributed by atoms with Gasteiger partial charge in [-0.3, -0.25) is 0 Å². The van der Waals surface area contributed by atoms with Crippen molar-refractivity contribution in [3.63, 3.8) is 0 Å². The SMILES string of the molecule is CCCOCCOCCOc1ccc(C)cc1OCCOCCOCCOCCOc1ccc(C)cc1OCCO. The Balaban J connectivity index is 1.46. The van der Waals surface area contributed by atoms with E-state index in [-0.39, 0.29) is 13.2 Å². The van der Waals surface area contributed by atoms with Crippen LogP contribution in [0.15, 0.2) is 36.4 Å². The second-order valence-corrected chi connectivity index (χ2v) is 9.08. The van der Waals surface area contributed by atoms with Gasteiger partial charge in [0.15, 0.2) is 23.0 Å². The number of rotatable bonds is 26. The molecule has 10 nitrogen and oxygen atoms in total. The first kappa shape index (κ1) is 34.6. The highest BCUT2D eigenvalue weighted by Crippen LogP contribution is 2.29. The predicted molar refractivity (Wildman–Crippen MR) is 156 cm³/mol. The standard InChI is InChI=1S/C31H48O10/c1-4-10-33-12-13-35-18-22-40-29-8-6-27(3)25-31(29)41-23-20-37-17-15-34-14-16-36-19-21-39-28-7-5-26(2)24-30(28)38-11-9-32/h5-8,24-25,32H,4,9-23H2,1-3H3. The van der Waals surface area contributed by atoms with Gasteiger partial charge in [0.1, 0.15) is 26.4 Å². The third-order valence-corrected chi connectivity index (χ3v) is 5.47. The van der Waals surface area contributed by atoms with Crippen LogP contribution in [0, 0.1) is 13.8 Å². The van der Waals surface area contributed by atoms with Crippen molar-refractivity contribution in [3.05, 3.63) is 47.5 Å². The third kappa shape index (κ3) is 16.4. The van der Waals surface area contributed by atoms with Gasteiger partial charge >= 0.3 is 0 Å². The second kappa shape index (κ2) is 23.0. The minimum absolute atomic E-state index is 0.0494. The molecule has 232 valence electrons. The van der Waals surface area contributed by atoms with Crippen LogP contribution in [-0.2, 0) is 23.7 Å². The fourth-order valence-corrected chi connectivity index (χ4v) is 3.49. The van der Waals surface area contributed by atoms with Crippen LogP contribution in [0.5, 0.6) is 23.0 Å². The zero-order chi connectivity index (χ0) is 29.4. The molecule has 0 unspecified atom stereocenters. The van der Waals surface area contributed by atoms with E-state index in [0.29, 0.717) is 102 Å². The molecule has 10 heteroatoms. The Morgan fingerprint density at radius 2 is 0.780 bits per heavy atom. The molecule has 0 heterocycles. The molecular weight excluding hydrogens is 532 g/mol. The molecule has 2 rings (SSSR count). The molecule has 0 atom stereocenters. The summed E-state index contributed by atoms with van der Waals surface area (Å²) in [5.74, 6) is 2.62. The van der Waals surface area contributed by atoms with E-state index in [1.165, 1.54) is 0 Å². The summed E-state index contributed by atoms with van der Waals surface area (Å²) < 4.78 is 50.6. The van der Waals surface area contributed by atoms with Gasteiger partial charge < -0.3 is 47.7 Å². The zero-order valence-electron chi connectivity index (χ0n) is 24.9. The first-order valence-corrected chi connectivity index (χ1v) is 14.4. The van der Waals surface area contributed by atoms with Crippen LogP contribution in [0.25, 0.3) is 0 Å². The van der Waals surface area contributed by atoms with Crippen LogP contribution in [0.1, 0.15) is 24.5 Å². The van der Waals surface area contributed by atoms with E-state index < -0.39 is 0 Å². The van der Waals surface area contributed by atoms with Gasteiger partial charge in [0, 0.05) is 6.61 Å². The molecule has 0 saturated heterocycles. The quantitative estimate of drug-likeness (QED) is 0.164. The number of aryl methyl sites for hydroxylation is 2. The lowest BCUT2D eigenvalue weighted by atomic mass is 10.2. The summed E-state index contributed by atoms with van der Waals surface area (Å²) in [5, 5.41) is 8.97. The van der Waals surface area contributed by atoms with Gasteiger partial charge in [0.2, 0.25) is 0 Å². The number of benzene rings is 2. The molecule has 0 aromatic heterocycles. The van der Waals surface area contributed by atoms with Crippen LogP contribution in [0.2, 0.25) is 0 Å². The van der Waals surface area contributed by atoms with Crippen LogP contribution in [0.4, 0.5) is 0 Å². The summed E-state index contributed by atoms with van der Waals surface area (Å²) in [6.07, 6.45) is 1.01. The Labute approximate surface area is 244 Å². The molecule has 1 N–H and O–H groups in total. The highest BCUT2D eigenvalue weighted by Gasteiger charge is 2.07. The van der Waals surface area contributed by atoms with Crippen molar-refractivity contribution in [2.75, 3.05) is 99.1 Å². The molecule has 0 fully saturated rings. The summed E-state index contributed by atoms with van der Waals surface area (Å²) in [4.78, 5) is 0.